The lowest BCUT2D eigenvalue weighted by atomic mass is 10.0. The third-order valence-electron chi connectivity index (χ3n) is 3.06. The molecule has 0 saturated carbocycles. The normalized spacial score (nSPS) is 11.1. The first-order valence-electron chi connectivity index (χ1n) is 6.49. The van der Waals surface area contributed by atoms with Crippen LogP contribution in [0, 0.1) is 6.92 Å². The molecule has 0 fully saturated rings. The van der Waals surface area contributed by atoms with Crippen LogP contribution < -0.4 is 16.7 Å². The van der Waals surface area contributed by atoms with Crippen molar-refractivity contribution in [2.45, 2.75) is 26.3 Å². The third kappa shape index (κ3) is 4.09. The Morgan fingerprint density at radius 1 is 1.41 bits per heavy atom. The second-order valence-electron chi connectivity index (χ2n) is 5.70. The molecule has 2 aromatic rings. The third-order valence-corrected chi connectivity index (χ3v) is 3.55. The zero-order valence-electron chi connectivity index (χ0n) is 12.5. The number of benzene rings is 1. The SMILES string of the molecule is Cc1c(C(=O)NCC(C)(C)N)c(=O)oc2ccc(Br)cc12.Cl. The lowest BCUT2D eigenvalue weighted by Gasteiger charge is -2.19. The Bertz CT molecular complexity index is 766. The largest absolute Gasteiger partial charge is 0.422 e. The van der Waals surface area contributed by atoms with E-state index in [0.29, 0.717) is 11.1 Å². The zero-order valence-corrected chi connectivity index (χ0v) is 14.9. The van der Waals surface area contributed by atoms with Gasteiger partial charge in [-0.15, -0.1) is 12.4 Å². The highest BCUT2D eigenvalue weighted by atomic mass is 79.9. The molecule has 1 amide bonds. The van der Waals surface area contributed by atoms with Crippen LogP contribution in [0.1, 0.15) is 29.8 Å². The molecule has 1 aromatic carbocycles. The molecule has 0 spiro atoms. The van der Waals surface area contributed by atoms with Crippen molar-refractivity contribution in [1.82, 2.24) is 5.32 Å². The number of aryl methyl sites for hydroxylation is 1. The van der Waals surface area contributed by atoms with Crippen molar-refractivity contribution in [3.63, 3.8) is 0 Å². The molecule has 0 aliphatic carbocycles. The van der Waals surface area contributed by atoms with Gasteiger partial charge in [-0.05, 0) is 44.5 Å². The van der Waals surface area contributed by atoms with Crippen LogP contribution >= 0.6 is 28.3 Å². The lowest BCUT2D eigenvalue weighted by Crippen LogP contribution is -2.46. The van der Waals surface area contributed by atoms with E-state index >= 15 is 0 Å². The first kappa shape index (κ1) is 18.7. The maximum absolute atomic E-state index is 12.2. The Morgan fingerprint density at radius 3 is 2.64 bits per heavy atom. The van der Waals surface area contributed by atoms with E-state index in [0.717, 1.165) is 9.86 Å². The zero-order chi connectivity index (χ0) is 15.8. The predicted octanol–water partition coefficient (Wildman–Crippen LogP) is 2.75. The van der Waals surface area contributed by atoms with Crippen molar-refractivity contribution in [2.24, 2.45) is 5.73 Å². The average Bonchev–Trinajstić information content (AvgIpc) is 2.37. The van der Waals surface area contributed by atoms with E-state index < -0.39 is 17.1 Å². The minimum absolute atomic E-state index is 0. The maximum atomic E-state index is 12.2. The van der Waals surface area contributed by atoms with Gasteiger partial charge in [0.2, 0.25) is 0 Å². The summed E-state index contributed by atoms with van der Waals surface area (Å²) in [5.74, 6) is -0.471. The average molecular weight is 390 g/mol. The molecular formula is C15H18BrClN2O3. The number of hydrogen-bond acceptors (Lipinski definition) is 4. The molecule has 0 unspecified atom stereocenters. The summed E-state index contributed by atoms with van der Waals surface area (Å²) in [5.41, 5.74) is 5.70. The smallest absolute Gasteiger partial charge is 0.349 e. The molecule has 1 heterocycles. The van der Waals surface area contributed by atoms with Crippen LogP contribution in [0.25, 0.3) is 11.0 Å². The van der Waals surface area contributed by atoms with Crippen molar-refractivity contribution in [1.29, 1.82) is 0 Å². The van der Waals surface area contributed by atoms with Gasteiger partial charge in [0, 0.05) is 21.9 Å². The number of nitrogens with one attached hydrogen (secondary N) is 1. The first-order valence-corrected chi connectivity index (χ1v) is 7.28. The second kappa shape index (κ2) is 6.81. The molecule has 0 radical (unpaired) electrons. The summed E-state index contributed by atoms with van der Waals surface area (Å²) in [7, 11) is 0. The Labute approximate surface area is 142 Å². The number of carbonyl (C=O) groups is 1. The van der Waals surface area contributed by atoms with Gasteiger partial charge in [-0.25, -0.2) is 4.79 Å². The van der Waals surface area contributed by atoms with E-state index in [-0.39, 0.29) is 24.5 Å². The van der Waals surface area contributed by atoms with E-state index in [9.17, 15) is 9.59 Å². The van der Waals surface area contributed by atoms with Crippen LogP contribution in [0.2, 0.25) is 0 Å². The molecule has 7 heteroatoms. The van der Waals surface area contributed by atoms with Crippen molar-refractivity contribution in [3.05, 3.63) is 44.2 Å². The highest BCUT2D eigenvalue weighted by Crippen LogP contribution is 2.23. The summed E-state index contributed by atoms with van der Waals surface area (Å²) in [5, 5.41) is 3.39. The lowest BCUT2D eigenvalue weighted by molar-refractivity contribution is 0.0942. The number of fused-ring (bicyclic) bond motifs is 1. The molecule has 22 heavy (non-hydrogen) atoms. The fourth-order valence-electron chi connectivity index (χ4n) is 1.98. The monoisotopic (exact) mass is 388 g/mol. The van der Waals surface area contributed by atoms with Crippen molar-refractivity contribution < 1.29 is 9.21 Å². The molecule has 2 rings (SSSR count). The van der Waals surface area contributed by atoms with Crippen LogP contribution in [-0.4, -0.2) is 18.0 Å². The van der Waals surface area contributed by atoms with E-state index in [4.69, 9.17) is 10.2 Å². The molecule has 0 bridgehead atoms. The van der Waals surface area contributed by atoms with E-state index in [1.54, 1.807) is 32.9 Å². The standard InChI is InChI=1S/C15H17BrN2O3.ClH/c1-8-10-6-9(16)4-5-11(10)21-14(20)12(8)13(19)18-7-15(2,3)17;/h4-6H,7,17H2,1-3H3,(H,18,19);1H. The fraction of sp³-hybridized carbons (Fsp3) is 0.333. The Kier molecular flexibility index (Phi) is 5.78. The molecule has 0 aliphatic heterocycles. The molecule has 0 aliphatic rings. The summed E-state index contributed by atoms with van der Waals surface area (Å²) in [6, 6.07) is 5.29. The van der Waals surface area contributed by atoms with Gasteiger partial charge in [0.15, 0.2) is 0 Å². The number of nitrogens with two attached hydrogens (primary N) is 1. The van der Waals surface area contributed by atoms with Gasteiger partial charge in [0.05, 0.1) is 0 Å². The van der Waals surface area contributed by atoms with Crippen LogP contribution in [0.5, 0.6) is 0 Å². The molecule has 3 N–H and O–H groups in total. The second-order valence-corrected chi connectivity index (χ2v) is 6.62. The van der Waals surface area contributed by atoms with E-state index in [1.165, 1.54) is 0 Å². The van der Waals surface area contributed by atoms with Gasteiger partial charge < -0.3 is 15.5 Å². The van der Waals surface area contributed by atoms with Gasteiger partial charge >= 0.3 is 5.63 Å². The fourth-order valence-corrected chi connectivity index (χ4v) is 2.34. The molecule has 0 atom stereocenters. The summed E-state index contributed by atoms with van der Waals surface area (Å²) < 4.78 is 6.06. The molecule has 0 saturated heterocycles. The number of amides is 1. The van der Waals surface area contributed by atoms with Crippen LogP contribution in [0.3, 0.4) is 0 Å². The van der Waals surface area contributed by atoms with Gasteiger partial charge in [-0.3, -0.25) is 4.79 Å². The van der Waals surface area contributed by atoms with Crippen molar-refractivity contribution in [3.8, 4) is 0 Å². The Hall–Kier alpha value is -1.37. The summed E-state index contributed by atoms with van der Waals surface area (Å²) in [6.45, 7) is 5.58. The number of hydrogen-bond donors (Lipinski definition) is 2. The minimum Gasteiger partial charge on any atom is -0.422 e. The van der Waals surface area contributed by atoms with Crippen molar-refractivity contribution >= 4 is 45.2 Å². The quantitative estimate of drug-likeness (QED) is 0.790. The molecule has 1 aromatic heterocycles. The van der Waals surface area contributed by atoms with Crippen LogP contribution in [-0.2, 0) is 0 Å². The van der Waals surface area contributed by atoms with E-state index in [2.05, 4.69) is 21.2 Å². The maximum Gasteiger partial charge on any atom is 0.349 e. The van der Waals surface area contributed by atoms with E-state index in [1.807, 2.05) is 6.07 Å². The topological polar surface area (TPSA) is 85.3 Å². The van der Waals surface area contributed by atoms with Crippen LogP contribution in [0.15, 0.2) is 31.9 Å². The number of carbonyl (C=O) groups excluding carboxylic acids is 1. The summed E-state index contributed by atoms with van der Waals surface area (Å²) in [4.78, 5) is 24.3. The van der Waals surface area contributed by atoms with Crippen molar-refractivity contribution in [2.75, 3.05) is 6.54 Å². The molecule has 120 valence electrons. The minimum atomic E-state index is -0.644. The molecular weight excluding hydrogens is 372 g/mol. The Morgan fingerprint density at radius 2 is 2.05 bits per heavy atom. The summed E-state index contributed by atoms with van der Waals surface area (Å²) >= 11 is 3.37. The van der Waals surface area contributed by atoms with Crippen LogP contribution in [0.4, 0.5) is 0 Å². The molecule has 5 nitrogen and oxygen atoms in total. The van der Waals surface area contributed by atoms with Gasteiger partial charge in [0.25, 0.3) is 5.91 Å². The highest BCUT2D eigenvalue weighted by Gasteiger charge is 2.20. The van der Waals surface area contributed by atoms with Gasteiger partial charge in [-0.2, -0.15) is 0 Å². The summed E-state index contributed by atoms with van der Waals surface area (Å²) in [6.07, 6.45) is 0. The van der Waals surface area contributed by atoms with Gasteiger partial charge in [-0.1, -0.05) is 15.9 Å². The Balaban J connectivity index is 0.00000242. The number of rotatable bonds is 3. The van der Waals surface area contributed by atoms with Gasteiger partial charge in [0.1, 0.15) is 11.1 Å². The number of halogens is 2. The first-order chi connectivity index (χ1) is 9.69. The highest BCUT2D eigenvalue weighted by molar-refractivity contribution is 9.10. The predicted molar refractivity (Wildman–Crippen MR) is 92.8 cm³/mol.